The van der Waals surface area contributed by atoms with E-state index < -0.39 is 46.0 Å². The molecule has 3 nitrogen and oxygen atoms in total. The second-order valence-electron chi connectivity index (χ2n) is 5.64. The van der Waals surface area contributed by atoms with Gasteiger partial charge in [-0.15, -0.1) is 0 Å². The van der Waals surface area contributed by atoms with Crippen LogP contribution in [0.15, 0.2) is 0 Å². The molecule has 0 aromatic heterocycles. The maximum absolute atomic E-state index is 13.9. The molecule has 0 heterocycles. The van der Waals surface area contributed by atoms with Crippen LogP contribution in [-0.2, 0) is 10.1 Å². The molecular formula is C11H16F4O3S. The molecular weight excluding hydrogens is 288 g/mol. The molecule has 0 amide bonds. The quantitative estimate of drug-likeness (QED) is 0.627. The molecule has 0 aliphatic heterocycles. The molecule has 2 fully saturated rings. The fourth-order valence-electron chi connectivity index (χ4n) is 3.38. The van der Waals surface area contributed by atoms with E-state index in [1.165, 1.54) is 0 Å². The fourth-order valence-corrected chi connectivity index (χ4v) is 3.90. The van der Waals surface area contributed by atoms with Crippen LogP contribution in [0.2, 0.25) is 0 Å². The molecule has 2 rings (SSSR count). The molecule has 3 unspecified atom stereocenters. The van der Waals surface area contributed by atoms with Gasteiger partial charge >= 0.3 is 11.8 Å². The summed E-state index contributed by atoms with van der Waals surface area (Å²) < 4.78 is 84.3. The summed E-state index contributed by atoms with van der Waals surface area (Å²) in [6, 6.07) is 0. The maximum Gasteiger partial charge on any atom is 0.313 e. The van der Waals surface area contributed by atoms with Crippen LogP contribution in [0, 0.1) is 17.8 Å². The zero-order valence-corrected chi connectivity index (χ0v) is 11.0. The Morgan fingerprint density at radius 2 is 1.74 bits per heavy atom. The van der Waals surface area contributed by atoms with Crippen LogP contribution in [0.5, 0.6) is 0 Å². The number of hydrogen-bond donors (Lipinski definition) is 1. The lowest BCUT2D eigenvalue weighted by Gasteiger charge is -2.35. The molecule has 2 bridgehead atoms. The zero-order chi connectivity index (χ0) is 14.5. The largest absolute Gasteiger partial charge is 0.313 e. The SMILES string of the molecule is O=S(=O)(O)CCC(F)(F)C(F)(F)C1CC2CCC1C2. The Morgan fingerprint density at radius 1 is 1.11 bits per heavy atom. The minimum Gasteiger partial charge on any atom is -0.286 e. The molecule has 112 valence electrons. The average Bonchev–Trinajstić information content (AvgIpc) is 2.87. The molecule has 1 N–H and O–H groups in total. The van der Waals surface area contributed by atoms with Crippen molar-refractivity contribution in [2.45, 2.75) is 43.9 Å². The summed E-state index contributed by atoms with van der Waals surface area (Å²) in [6.45, 7) is 0. The van der Waals surface area contributed by atoms with Gasteiger partial charge in [-0.2, -0.15) is 26.0 Å². The van der Waals surface area contributed by atoms with E-state index >= 15 is 0 Å². The summed E-state index contributed by atoms with van der Waals surface area (Å²) in [5.41, 5.74) is 0. The van der Waals surface area contributed by atoms with Crippen molar-refractivity contribution in [1.82, 2.24) is 0 Å². The molecule has 19 heavy (non-hydrogen) atoms. The van der Waals surface area contributed by atoms with Crippen molar-refractivity contribution >= 4 is 10.1 Å². The number of fused-ring (bicyclic) bond motifs is 2. The molecule has 0 saturated heterocycles. The van der Waals surface area contributed by atoms with Crippen LogP contribution in [0.4, 0.5) is 17.6 Å². The van der Waals surface area contributed by atoms with Crippen molar-refractivity contribution in [3.63, 3.8) is 0 Å². The Kier molecular flexibility index (Phi) is 3.62. The second kappa shape index (κ2) is 4.58. The molecule has 0 aromatic rings. The van der Waals surface area contributed by atoms with Crippen LogP contribution in [0.25, 0.3) is 0 Å². The predicted molar refractivity (Wildman–Crippen MR) is 59.9 cm³/mol. The van der Waals surface area contributed by atoms with Crippen LogP contribution in [0.3, 0.4) is 0 Å². The van der Waals surface area contributed by atoms with Gasteiger partial charge in [0.15, 0.2) is 0 Å². The Bertz CT molecular complexity index is 449. The highest BCUT2D eigenvalue weighted by molar-refractivity contribution is 7.85. The van der Waals surface area contributed by atoms with Crippen molar-refractivity contribution in [2.24, 2.45) is 17.8 Å². The smallest absolute Gasteiger partial charge is 0.286 e. The third-order valence-corrected chi connectivity index (χ3v) is 5.09. The minimum atomic E-state index is -4.66. The molecule has 8 heteroatoms. The van der Waals surface area contributed by atoms with Crippen molar-refractivity contribution < 1.29 is 30.5 Å². The first-order valence-corrected chi connectivity index (χ1v) is 7.84. The van der Waals surface area contributed by atoms with Gasteiger partial charge in [-0.25, -0.2) is 0 Å². The van der Waals surface area contributed by atoms with Crippen LogP contribution >= 0.6 is 0 Å². The average molecular weight is 304 g/mol. The Balaban J connectivity index is 2.09. The Labute approximate surface area is 109 Å². The summed E-state index contributed by atoms with van der Waals surface area (Å²) in [6.07, 6.45) is 0.452. The van der Waals surface area contributed by atoms with Crippen LogP contribution < -0.4 is 0 Å². The van der Waals surface area contributed by atoms with E-state index in [4.69, 9.17) is 4.55 Å². The van der Waals surface area contributed by atoms with Crippen LogP contribution in [-0.4, -0.2) is 30.6 Å². The van der Waals surface area contributed by atoms with Gasteiger partial charge in [-0.3, -0.25) is 4.55 Å². The fraction of sp³-hybridized carbons (Fsp3) is 1.00. The standard InChI is InChI=1S/C11H16F4O3S/c12-10(13,3-4-19(16,17)18)11(14,15)9-6-7-1-2-8(9)5-7/h7-9H,1-6H2,(H,16,17,18). The molecule has 0 spiro atoms. The Hall–Kier alpha value is -0.370. The summed E-state index contributed by atoms with van der Waals surface area (Å²) in [5.74, 6) is -11.6. The normalized spacial score (nSPS) is 31.9. The highest BCUT2D eigenvalue weighted by Crippen LogP contribution is 2.57. The molecule has 2 aliphatic carbocycles. The van der Waals surface area contributed by atoms with E-state index in [2.05, 4.69) is 0 Å². The lowest BCUT2D eigenvalue weighted by Crippen LogP contribution is -2.49. The van der Waals surface area contributed by atoms with Crippen molar-refractivity contribution in [3.05, 3.63) is 0 Å². The summed E-state index contributed by atoms with van der Waals surface area (Å²) >= 11 is 0. The first kappa shape index (κ1) is 15.0. The van der Waals surface area contributed by atoms with E-state index in [-0.39, 0.29) is 12.3 Å². The van der Waals surface area contributed by atoms with E-state index in [9.17, 15) is 26.0 Å². The van der Waals surface area contributed by atoms with Gasteiger partial charge in [0.2, 0.25) is 0 Å². The third-order valence-electron chi connectivity index (χ3n) is 4.37. The van der Waals surface area contributed by atoms with Crippen LogP contribution in [0.1, 0.15) is 32.1 Å². The van der Waals surface area contributed by atoms with Crippen molar-refractivity contribution in [3.8, 4) is 0 Å². The van der Waals surface area contributed by atoms with Gasteiger partial charge in [0.25, 0.3) is 10.1 Å². The van der Waals surface area contributed by atoms with E-state index in [1.807, 2.05) is 0 Å². The molecule has 3 atom stereocenters. The molecule has 0 aromatic carbocycles. The van der Waals surface area contributed by atoms with Gasteiger partial charge < -0.3 is 0 Å². The Morgan fingerprint density at radius 3 is 2.16 bits per heavy atom. The van der Waals surface area contributed by atoms with Crippen molar-refractivity contribution in [2.75, 3.05) is 5.75 Å². The van der Waals surface area contributed by atoms with Gasteiger partial charge in [-0.1, -0.05) is 6.42 Å². The summed E-state index contributed by atoms with van der Waals surface area (Å²) in [4.78, 5) is 0. The number of rotatable bonds is 5. The predicted octanol–water partition coefficient (Wildman–Crippen LogP) is 2.97. The lowest BCUT2D eigenvalue weighted by molar-refractivity contribution is -0.244. The molecule has 2 aliphatic rings. The van der Waals surface area contributed by atoms with Crippen molar-refractivity contribution in [1.29, 1.82) is 0 Å². The number of alkyl halides is 4. The molecule has 2 saturated carbocycles. The third kappa shape index (κ3) is 2.89. The van der Waals surface area contributed by atoms with Gasteiger partial charge in [-0.05, 0) is 31.1 Å². The first-order chi connectivity index (χ1) is 8.53. The van der Waals surface area contributed by atoms with E-state index in [0.717, 1.165) is 6.42 Å². The highest BCUT2D eigenvalue weighted by Gasteiger charge is 2.64. The van der Waals surface area contributed by atoms with Gasteiger partial charge in [0.05, 0.1) is 5.75 Å². The summed E-state index contributed by atoms with van der Waals surface area (Å²) in [7, 11) is -4.66. The summed E-state index contributed by atoms with van der Waals surface area (Å²) in [5, 5.41) is 0. The maximum atomic E-state index is 13.9. The van der Waals surface area contributed by atoms with Gasteiger partial charge in [0, 0.05) is 12.3 Å². The number of hydrogen-bond acceptors (Lipinski definition) is 2. The van der Waals surface area contributed by atoms with E-state index in [0.29, 0.717) is 12.8 Å². The molecule has 0 radical (unpaired) electrons. The zero-order valence-electron chi connectivity index (χ0n) is 10.2. The number of halogens is 4. The van der Waals surface area contributed by atoms with E-state index in [1.54, 1.807) is 0 Å². The topological polar surface area (TPSA) is 54.4 Å². The van der Waals surface area contributed by atoms with Gasteiger partial charge in [0.1, 0.15) is 0 Å². The monoisotopic (exact) mass is 304 g/mol. The lowest BCUT2D eigenvalue weighted by atomic mass is 9.81. The first-order valence-electron chi connectivity index (χ1n) is 6.24. The highest BCUT2D eigenvalue weighted by atomic mass is 32.2. The minimum absolute atomic E-state index is 0.0825. The second-order valence-corrected chi connectivity index (χ2v) is 7.22.